The fraction of sp³-hybridized carbons (Fsp3) is 0.133. The first-order valence-electron chi connectivity index (χ1n) is 6.60. The van der Waals surface area contributed by atoms with Gasteiger partial charge < -0.3 is 4.74 Å². The molecule has 0 atom stereocenters. The molecule has 0 aliphatic heterocycles. The van der Waals surface area contributed by atoms with E-state index in [9.17, 15) is 4.79 Å². The number of thiazole rings is 2. The molecule has 3 rings (SSSR count). The van der Waals surface area contributed by atoms with E-state index >= 15 is 0 Å². The van der Waals surface area contributed by atoms with Gasteiger partial charge in [0.25, 0.3) is 5.91 Å². The van der Waals surface area contributed by atoms with Gasteiger partial charge in [0, 0.05) is 10.9 Å². The lowest BCUT2D eigenvalue weighted by molar-refractivity contribution is 0.103. The number of halogens is 1. The zero-order chi connectivity index (χ0) is 16.4. The molecular weight excluding hydrogens is 354 g/mol. The molecule has 0 fully saturated rings. The third-order valence-electron chi connectivity index (χ3n) is 3.02. The Bertz CT molecular complexity index is 860. The van der Waals surface area contributed by atoms with Crippen LogP contribution < -0.4 is 10.1 Å². The summed E-state index contributed by atoms with van der Waals surface area (Å²) in [6.07, 6.45) is 1.56. The van der Waals surface area contributed by atoms with Crippen molar-refractivity contribution in [1.82, 2.24) is 9.97 Å². The fourth-order valence-corrected chi connectivity index (χ4v) is 3.56. The lowest BCUT2D eigenvalue weighted by atomic mass is 10.2. The second kappa shape index (κ2) is 6.66. The second-order valence-corrected chi connectivity index (χ2v) is 7.08. The van der Waals surface area contributed by atoms with Crippen LogP contribution >= 0.6 is 34.3 Å². The summed E-state index contributed by atoms with van der Waals surface area (Å²) in [5.74, 6) is 0.406. The van der Waals surface area contributed by atoms with Crippen molar-refractivity contribution in [3.63, 3.8) is 0 Å². The largest absolute Gasteiger partial charge is 0.495 e. The Morgan fingerprint density at radius 2 is 2.22 bits per heavy atom. The van der Waals surface area contributed by atoms with Gasteiger partial charge in [-0.2, -0.15) is 0 Å². The van der Waals surface area contributed by atoms with Crippen LogP contribution in [0.5, 0.6) is 5.75 Å². The summed E-state index contributed by atoms with van der Waals surface area (Å²) in [4.78, 5) is 21.2. The second-order valence-electron chi connectivity index (χ2n) is 4.58. The number of carbonyl (C=O) groups excluding carboxylic acids is 1. The molecule has 1 amide bonds. The number of carbonyl (C=O) groups is 1. The average molecular weight is 366 g/mol. The van der Waals surface area contributed by atoms with Crippen LogP contribution in [0.15, 0.2) is 29.8 Å². The summed E-state index contributed by atoms with van der Waals surface area (Å²) >= 11 is 8.83. The predicted molar refractivity (Wildman–Crippen MR) is 93.9 cm³/mol. The Morgan fingerprint density at radius 1 is 1.39 bits per heavy atom. The maximum atomic E-state index is 12.1. The van der Waals surface area contributed by atoms with Crippen LogP contribution in [0.3, 0.4) is 0 Å². The van der Waals surface area contributed by atoms with Crippen LogP contribution in [0.4, 0.5) is 5.13 Å². The maximum absolute atomic E-state index is 12.1. The highest BCUT2D eigenvalue weighted by molar-refractivity contribution is 7.15. The molecule has 8 heteroatoms. The highest BCUT2D eigenvalue weighted by atomic mass is 35.5. The summed E-state index contributed by atoms with van der Waals surface area (Å²) in [5.41, 5.74) is 1.61. The molecule has 0 spiro atoms. The van der Waals surface area contributed by atoms with Gasteiger partial charge in [0.05, 0.1) is 29.0 Å². The molecule has 0 saturated carbocycles. The molecule has 118 valence electrons. The number of rotatable bonds is 4. The Kier molecular flexibility index (Phi) is 4.61. The molecule has 0 unspecified atom stereocenters. The minimum atomic E-state index is -0.204. The quantitative estimate of drug-likeness (QED) is 0.739. The highest BCUT2D eigenvalue weighted by Crippen LogP contribution is 2.31. The van der Waals surface area contributed by atoms with Crippen molar-refractivity contribution in [1.29, 1.82) is 0 Å². The molecule has 0 radical (unpaired) electrons. The van der Waals surface area contributed by atoms with Gasteiger partial charge in [-0.1, -0.05) is 11.6 Å². The van der Waals surface area contributed by atoms with Crippen LogP contribution in [0, 0.1) is 6.92 Å². The van der Waals surface area contributed by atoms with Gasteiger partial charge in [-0.15, -0.1) is 22.7 Å². The minimum absolute atomic E-state index is 0.204. The Morgan fingerprint density at radius 3 is 2.87 bits per heavy atom. The topological polar surface area (TPSA) is 64.1 Å². The molecule has 0 saturated heterocycles. The summed E-state index contributed by atoms with van der Waals surface area (Å²) in [6.45, 7) is 1.86. The van der Waals surface area contributed by atoms with Crippen molar-refractivity contribution in [2.45, 2.75) is 6.92 Å². The molecule has 0 aliphatic carbocycles. The molecule has 1 N–H and O–H groups in total. The molecule has 0 aliphatic rings. The first-order chi connectivity index (χ1) is 11.1. The number of nitrogens with zero attached hydrogens (tertiary/aromatic N) is 2. The molecule has 23 heavy (non-hydrogen) atoms. The number of benzene rings is 1. The van der Waals surface area contributed by atoms with E-state index in [1.165, 1.54) is 22.7 Å². The number of anilines is 1. The maximum Gasteiger partial charge on any atom is 0.269 e. The van der Waals surface area contributed by atoms with Crippen molar-refractivity contribution in [2.24, 2.45) is 0 Å². The van der Waals surface area contributed by atoms with E-state index in [-0.39, 0.29) is 5.91 Å². The van der Waals surface area contributed by atoms with Crippen molar-refractivity contribution in [3.05, 3.63) is 44.7 Å². The first-order valence-corrected chi connectivity index (χ1v) is 8.67. The van der Waals surface area contributed by atoms with E-state index in [0.29, 0.717) is 20.8 Å². The standard InChI is InChI=1S/C15H12ClN3O2S2/c1-8-17-6-13(23-8)14(20)19-15-18-11(7-22-15)9-3-4-12(21-2)10(16)5-9/h3-7H,1-2H3,(H,18,19,20). The smallest absolute Gasteiger partial charge is 0.269 e. The molecule has 1 aromatic carbocycles. The molecule has 2 heterocycles. The number of aryl methyl sites for hydroxylation is 1. The zero-order valence-corrected chi connectivity index (χ0v) is 14.7. The molecule has 3 aromatic rings. The monoisotopic (exact) mass is 365 g/mol. The van der Waals surface area contributed by atoms with E-state index in [4.69, 9.17) is 16.3 Å². The molecule has 2 aromatic heterocycles. The van der Waals surface area contributed by atoms with Crippen molar-refractivity contribution in [3.8, 4) is 17.0 Å². The van der Waals surface area contributed by atoms with Gasteiger partial charge in [-0.05, 0) is 25.1 Å². The average Bonchev–Trinajstić information content (AvgIpc) is 3.16. The zero-order valence-electron chi connectivity index (χ0n) is 12.3. The number of methoxy groups -OCH3 is 1. The van der Waals surface area contributed by atoms with Crippen LogP contribution in [0.1, 0.15) is 14.7 Å². The first kappa shape index (κ1) is 15.9. The number of hydrogen-bond acceptors (Lipinski definition) is 6. The molecular formula is C15H12ClN3O2S2. The molecule has 5 nitrogen and oxygen atoms in total. The Labute approximate surface area is 145 Å². The van der Waals surface area contributed by atoms with Crippen molar-refractivity contribution >= 4 is 45.3 Å². The Hall–Kier alpha value is -1.96. The van der Waals surface area contributed by atoms with E-state index < -0.39 is 0 Å². The number of hydrogen-bond donors (Lipinski definition) is 1. The SMILES string of the molecule is COc1ccc(-c2csc(NC(=O)c3cnc(C)s3)n2)cc1Cl. The minimum Gasteiger partial charge on any atom is -0.495 e. The van der Waals surface area contributed by atoms with Crippen LogP contribution in [0.25, 0.3) is 11.3 Å². The van der Waals surface area contributed by atoms with Crippen molar-refractivity contribution in [2.75, 3.05) is 12.4 Å². The third kappa shape index (κ3) is 3.52. The summed E-state index contributed by atoms with van der Waals surface area (Å²) in [5, 5.41) is 6.54. The fourth-order valence-electron chi connectivity index (χ4n) is 1.91. The lowest BCUT2D eigenvalue weighted by Crippen LogP contribution is -2.09. The number of aromatic nitrogens is 2. The summed E-state index contributed by atoms with van der Waals surface area (Å²) < 4.78 is 5.13. The Balaban J connectivity index is 1.78. The van der Waals surface area contributed by atoms with Crippen molar-refractivity contribution < 1.29 is 9.53 Å². The van der Waals surface area contributed by atoms with E-state index in [1.807, 2.05) is 18.4 Å². The summed E-state index contributed by atoms with van der Waals surface area (Å²) in [7, 11) is 1.57. The van der Waals surface area contributed by atoms with Crippen LogP contribution in [0.2, 0.25) is 5.02 Å². The van der Waals surface area contributed by atoms with Gasteiger partial charge in [0.2, 0.25) is 0 Å². The molecule has 0 bridgehead atoms. The number of amides is 1. The van der Waals surface area contributed by atoms with Gasteiger partial charge in [-0.25, -0.2) is 9.97 Å². The lowest BCUT2D eigenvalue weighted by Gasteiger charge is -2.04. The van der Waals surface area contributed by atoms with Crippen LogP contribution in [-0.4, -0.2) is 23.0 Å². The van der Waals surface area contributed by atoms with E-state index in [2.05, 4.69) is 15.3 Å². The normalized spacial score (nSPS) is 10.6. The van der Waals surface area contributed by atoms with Gasteiger partial charge >= 0.3 is 0 Å². The predicted octanol–water partition coefficient (Wildman–Crippen LogP) is 4.49. The van der Waals surface area contributed by atoms with E-state index in [0.717, 1.165) is 16.3 Å². The summed E-state index contributed by atoms with van der Waals surface area (Å²) in [6, 6.07) is 5.45. The van der Waals surface area contributed by atoms with Gasteiger partial charge in [0.15, 0.2) is 5.13 Å². The van der Waals surface area contributed by atoms with Gasteiger partial charge in [-0.3, -0.25) is 10.1 Å². The van der Waals surface area contributed by atoms with E-state index in [1.54, 1.807) is 25.4 Å². The highest BCUT2D eigenvalue weighted by Gasteiger charge is 2.13. The van der Waals surface area contributed by atoms with Gasteiger partial charge in [0.1, 0.15) is 10.6 Å². The number of nitrogens with one attached hydrogen (secondary N) is 1. The third-order valence-corrected chi connectivity index (χ3v) is 4.98. The van der Waals surface area contributed by atoms with Crippen LogP contribution in [-0.2, 0) is 0 Å². The number of ether oxygens (including phenoxy) is 1.